The molecule has 0 spiro atoms. The molecule has 0 aliphatic heterocycles. The molecule has 0 fully saturated rings. The number of benzene rings is 2. The molecule has 150 valence electrons. The predicted octanol–water partition coefficient (Wildman–Crippen LogP) is 4.28. The number of hydrogen-bond acceptors (Lipinski definition) is 2. The van der Waals surface area contributed by atoms with Gasteiger partial charge >= 0.3 is 0 Å². The van der Waals surface area contributed by atoms with Gasteiger partial charge in [-0.1, -0.05) is 66.7 Å². The highest BCUT2D eigenvalue weighted by Gasteiger charge is 2.17. The molecule has 1 amide bonds. The molecule has 1 heterocycles. The largest absolute Gasteiger partial charge is 0.356 e. The van der Waals surface area contributed by atoms with Gasteiger partial charge in [0.05, 0.1) is 0 Å². The molecule has 1 aromatic heterocycles. The van der Waals surface area contributed by atoms with Crippen LogP contribution >= 0.6 is 0 Å². The fourth-order valence-corrected chi connectivity index (χ4v) is 3.59. The summed E-state index contributed by atoms with van der Waals surface area (Å²) in [7, 11) is 0. The van der Waals surface area contributed by atoms with Crippen molar-refractivity contribution in [2.24, 2.45) is 0 Å². The fraction of sp³-hybridized carbons (Fsp3) is 0.280. The Morgan fingerprint density at radius 2 is 1.48 bits per heavy atom. The summed E-state index contributed by atoms with van der Waals surface area (Å²) in [6, 6.07) is 25.6. The number of rotatable bonds is 9. The first-order chi connectivity index (χ1) is 14.1. The lowest BCUT2D eigenvalue weighted by molar-refractivity contribution is -0.121. The van der Waals surface area contributed by atoms with E-state index in [0.717, 1.165) is 29.7 Å². The van der Waals surface area contributed by atoms with E-state index in [1.54, 1.807) is 16.7 Å². The minimum Gasteiger partial charge on any atom is -0.356 e. The number of nitrogens with zero attached hydrogens (tertiary/aromatic N) is 1. The zero-order valence-corrected chi connectivity index (χ0v) is 16.9. The molecule has 4 nitrogen and oxygen atoms in total. The smallest absolute Gasteiger partial charge is 0.250 e. The van der Waals surface area contributed by atoms with Gasteiger partial charge in [0.2, 0.25) is 5.91 Å². The SMILES string of the molecule is Cc1cccc(=O)n1CCCCNC(=O)CC(c1ccccc1)c1ccccc1. The third-order valence-electron chi connectivity index (χ3n) is 5.19. The first-order valence-electron chi connectivity index (χ1n) is 10.2. The number of aromatic nitrogens is 1. The zero-order chi connectivity index (χ0) is 20.5. The summed E-state index contributed by atoms with van der Waals surface area (Å²) in [5.74, 6) is 0.0960. The second-order valence-electron chi connectivity index (χ2n) is 7.29. The molecule has 0 saturated heterocycles. The first kappa shape index (κ1) is 20.6. The summed E-state index contributed by atoms with van der Waals surface area (Å²) in [6.07, 6.45) is 2.12. The van der Waals surface area contributed by atoms with Crippen molar-refractivity contribution in [2.75, 3.05) is 6.54 Å². The van der Waals surface area contributed by atoms with Crippen LogP contribution in [-0.4, -0.2) is 17.0 Å². The highest BCUT2D eigenvalue weighted by Crippen LogP contribution is 2.27. The van der Waals surface area contributed by atoms with Gasteiger partial charge in [-0.05, 0) is 37.0 Å². The van der Waals surface area contributed by atoms with E-state index in [0.29, 0.717) is 19.5 Å². The lowest BCUT2D eigenvalue weighted by atomic mass is 9.88. The molecule has 0 atom stereocenters. The molecular weight excluding hydrogens is 360 g/mol. The van der Waals surface area contributed by atoms with Crippen LogP contribution in [0.5, 0.6) is 0 Å². The van der Waals surface area contributed by atoms with Crippen molar-refractivity contribution in [3.63, 3.8) is 0 Å². The number of carbonyl (C=O) groups is 1. The highest BCUT2D eigenvalue weighted by atomic mass is 16.1. The highest BCUT2D eigenvalue weighted by molar-refractivity contribution is 5.77. The Hall–Kier alpha value is -3.14. The van der Waals surface area contributed by atoms with E-state index in [4.69, 9.17) is 0 Å². The molecule has 0 aliphatic rings. The Kier molecular flexibility index (Phi) is 7.40. The topological polar surface area (TPSA) is 51.1 Å². The lowest BCUT2D eigenvalue weighted by Crippen LogP contribution is -2.27. The molecule has 0 unspecified atom stereocenters. The van der Waals surface area contributed by atoms with Crippen LogP contribution in [0.25, 0.3) is 0 Å². The molecule has 2 aromatic carbocycles. The molecule has 29 heavy (non-hydrogen) atoms. The van der Waals surface area contributed by atoms with Crippen LogP contribution in [-0.2, 0) is 11.3 Å². The molecule has 4 heteroatoms. The van der Waals surface area contributed by atoms with Gasteiger partial charge in [-0.15, -0.1) is 0 Å². The van der Waals surface area contributed by atoms with E-state index in [1.165, 1.54) is 0 Å². The van der Waals surface area contributed by atoms with Crippen molar-refractivity contribution in [3.8, 4) is 0 Å². The van der Waals surface area contributed by atoms with Gasteiger partial charge in [-0.25, -0.2) is 0 Å². The average molecular weight is 389 g/mol. The number of hydrogen-bond donors (Lipinski definition) is 1. The van der Waals surface area contributed by atoms with Crippen molar-refractivity contribution < 1.29 is 4.79 Å². The van der Waals surface area contributed by atoms with Crippen molar-refractivity contribution in [3.05, 3.63) is 106 Å². The Morgan fingerprint density at radius 1 is 0.862 bits per heavy atom. The molecular formula is C25H28N2O2. The van der Waals surface area contributed by atoms with Crippen LogP contribution in [0.4, 0.5) is 0 Å². The van der Waals surface area contributed by atoms with Crippen molar-refractivity contribution in [1.82, 2.24) is 9.88 Å². The molecule has 1 N–H and O–H groups in total. The monoisotopic (exact) mass is 388 g/mol. The summed E-state index contributed by atoms with van der Waals surface area (Å²) in [5, 5.41) is 3.04. The van der Waals surface area contributed by atoms with Crippen LogP contribution in [0.3, 0.4) is 0 Å². The van der Waals surface area contributed by atoms with Gasteiger partial charge in [-0.3, -0.25) is 9.59 Å². The number of nitrogens with one attached hydrogen (secondary N) is 1. The average Bonchev–Trinajstić information content (AvgIpc) is 2.75. The summed E-state index contributed by atoms with van der Waals surface area (Å²) in [5.41, 5.74) is 3.29. The Balaban J connectivity index is 1.51. The maximum absolute atomic E-state index is 12.6. The Morgan fingerprint density at radius 3 is 2.07 bits per heavy atom. The van der Waals surface area contributed by atoms with Gasteiger partial charge in [-0.2, -0.15) is 0 Å². The second kappa shape index (κ2) is 10.4. The molecule has 0 aliphatic carbocycles. The third kappa shape index (κ3) is 5.92. The summed E-state index contributed by atoms with van der Waals surface area (Å²) < 4.78 is 1.78. The van der Waals surface area contributed by atoms with Crippen molar-refractivity contribution in [2.45, 2.75) is 38.6 Å². The van der Waals surface area contributed by atoms with E-state index in [9.17, 15) is 9.59 Å². The van der Waals surface area contributed by atoms with Crippen LogP contribution < -0.4 is 10.9 Å². The standard InChI is InChI=1S/C25H28N2O2/c1-20-11-10-16-25(29)27(20)18-9-8-17-26-24(28)19-23(21-12-4-2-5-13-21)22-14-6-3-7-15-22/h2-7,10-16,23H,8-9,17-19H2,1H3,(H,26,28). The quantitative estimate of drug-likeness (QED) is 0.557. The van der Waals surface area contributed by atoms with E-state index in [-0.39, 0.29) is 17.4 Å². The van der Waals surface area contributed by atoms with E-state index >= 15 is 0 Å². The summed E-state index contributed by atoms with van der Waals surface area (Å²) in [6.45, 7) is 3.24. The fourth-order valence-electron chi connectivity index (χ4n) is 3.59. The predicted molar refractivity (Wildman–Crippen MR) is 117 cm³/mol. The molecule has 3 rings (SSSR count). The summed E-state index contributed by atoms with van der Waals surface area (Å²) >= 11 is 0. The van der Waals surface area contributed by atoms with Gasteiger partial charge in [0, 0.05) is 37.2 Å². The van der Waals surface area contributed by atoms with Gasteiger partial charge in [0.1, 0.15) is 0 Å². The van der Waals surface area contributed by atoms with Crippen molar-refractivity contribution >= 4 is 5.91 Å². The normalized spacial score (nSPS) is 10.8. The van der Waals surface area contributed by atoms with Crippen molar-refractivity contribution in [1.29, 1.82) is 0 Å². The molecule has 0 radical (unpaired) electrons. The summed E-state index contributed by atoms with van der Waals surface area (Å²) in [4.78, 5) is 24.5. The van der Waals surface area contributed by atoms with Gasteiger partial charge in [0.15, 0.2) is 0 Å². The number of aryl methyl sites for hydroxylation is 1. The minimum absolute atomic E-state index is 0.0302. The number of amides is 1. The minimum atomic E-state index is 0.0302. The van der Waals surface area contributed by atoms with Crippen LogP contribution in [0.2, 0.25) is 0 Å². The molecule has 0 bridgehead atoms. The van der Waals surface area contributed by atoms with Gasteiger partial charge in [0.25, 0.3) is 5.56 Å². The molecule has 0 saturated carbocycles. The first-order valence-corrected chi connectivity index (χ1v) is 10.2. The Bertz CT molecular complexity index is 925. The lowest BCUT2D eigenvalue weighted by Gasteiger charge is -2.18. The maximum atomic E-state index is 12.6. The van der Waals surface area contributed by atoms with Crippen LogP contribution in [0.1, 0.15) is 42.0 Å². The zero-order valence-electron chi connectivity index (χ0n) is 16.9. The van der Waals surface area contributed by atoms with Crippen LogP contribution in [0, 0.1) is 6.92 Å². The number of carbonyl (C=O) groups excluding carboxylic acids is 1. The van der Waals surface area contributed by atoms with E-state index < -0.39 is 0 Å². The molecule has 3 aromatic rings. The van der Waals surface area contributed by atoms with Crippen LogP contribution in [0.15, 0.2) is 83.7 Å². The maximum Gasteiger partial charge on any atom is 0.250 e. The number of pyridine rings is 1. The third-order valence-corrected chi connectivity index (χ3v) is 5.19. The van der Waals surface area contributed by atoms with Gasteiger partial charge < -0.3 is 9.88 Å². The second-order valence-corrected chi connectivity index (χ2v) is 7.29. The Labute approximate surface area is 172 Å². The van der Waals surface area contributed by atoms with E-state index in [1.807, 2.05) is 49.4 Å². The number of unbranched alkanes of at least 4 members (excludes halogenated alkanes) is 1. The van der Waals surface area contributed by atoms with E-state index in [2.05, 4.69) is 29.6 Å².